The summed E-state index contributed by atoms with van der Waals surface area (Å²) in [4.78, 5) is 36.5. The maximum Gasteiger partial charge on any atom is 0.303 e. The first-order chi connectivity index (χ1) is 20.9. The van der Waals surface area contributed by atoms with Crippen molar-refractivity contribution in [2.45, 2.75) is 131 Å². The molecule has 0 bridgehead atoms. The van der Waals surface area contributed by atoms with Crippen LogP contribution in [0.5, 0.6) is 0 Å². The number of ether oxygens (including phenoxy) is 4. The van der Waals surface area contributed by atoms with Gasteiger partial charge in [0, 0.05) is 26.8 Å². The number of hydrogen-bond acceptors (Lipinski definition) is 7. The average Bonchev–Trinajstić information content (AvgIpc) is 3.58. The highest BCUT2D eigenvalue weighted by atomic mass is 16.6. The Morgan fingerprint density at radius 2 is 1.75 bits per heavy atom. The molecule has 2 aliphatic heterocycles. The van der Waals surface area contributed by atoms with Gasteiger partial charge in [0.05, 0.1) is 24.7 Å². The van der Waals surface area contributed by atoms with Crippen molar-refractivity contribution in [3.05, 3.63) is 47.6 Å². The summed E-state index contributed by atoms with van der Waals surface area (Å²) in [7, 11) is 0. The molecule has 0 unspecified atom stereocenters. The molecule has 1 saturated carbocycles. The number of carbonyl (C=O) groups is 3. The summed E-state index contributed by atoms with van der Waals surface area (Å²) in [5.41, 5.74) is 2.60. The van der Waals surface area contributed by atoms with Gasteiger partial charge in [0.2, 0.25) is 5.91 Å². The quantitative estimate of drug-likeness (QED) is 0.137. The van der Waals surface area contributed by atoms with Crippen LogP contribution in [-0.2, 0) is 33.3 Å². The number of rotatable bonds is 14. The molecule has 0 aromatic heterocycles. The normalized spacial score (nSPS) is 33.1. The third-order valence-corrected chi connectivity index (χ3v) is 8.99. The van der Waals surface area contributed by atoms with Crippen LogP contribution in [0, 0.1) is 23.7 Å². The van der Waals surface area contributed by atoms with E-state index >= 15 is 0 Å². The molecule has 8 heteroatoms. The van der Waals surface area contributed by atoms with Crippen LogP contribution >= 0.6 is 0 Å². The van der Waals surface area contributed by atoms with Crippen molar-refractivity contribution in [3.8, 4) is 0 Å². The van der Waals surface area contributed by atoms with E-state index in [1.807, 2.05) is 6.08 Å². The van der Waals surface area contributed by atoms with Crippen LogP contribution in [-0.4, -0.2) is 61.0 Å². The minimum absolute atomic E-state index is 0.107. The number of allylic oxidation sites excluding steroid dienone is 4. The second kappa shape index (κ2) is 17.1. The summed E-state index contributed by atoms with van der Waals surface area (Å²) in [5.74, 6) is 0.405. The Bertz CT molecular complexity index is 1110. The van der Waals surface area contributed by atoms with Crippen LogP contribution < -0.4 is 5.32 Å². The molecule has 1 N–H and O–H groups in total. The summed E-state index contributed by atoms with van der Waals surface area (Å²) < 4.78 is 23.8. The topological polar surface area (TPSA) is 100 Å². The monoisotopic (exact) mass is 613 g/mol. The zero-order chi connectivity index (χ0) is 32.4. The fourth-order valence-corrected chi connectivity index (χ4v) is 6.34. The van der Waals surface area contributed by atoms with Crippen LogP contribution in [0.15, 0.2) is 47.6 Å². The van der Waals surface area contributed by atoms with Gasteiger partial charge >= 0.3 is 11.9 Å². The van der Waals surface area contributed by atoms with E-state index in [0.29, 0.717) is 24.3 Å². The van der Waals surface area contributed by atoms with Crippen LogP contribution in [0.25, 0.3) is 0 Å². The second-order valence-electron chi connectivity index (χ2n) is 12.8. The van der Waals surface area contributed by atoms with E-state index in [1.54, 1.807) is 0 Å². The molecule has 1 amide bonds. The van der Waals surface area contributed by atoms with Crippen molar-refractivity contribution in [2.75, 3.05) is 6.54 Å². The molecule has 0 spiro atoms. The molecule has 0 radical (unpaired) electrons. The number of esters is 2. The Kier molecular flexibility index (Phi) is 13.9. The highest BCUT2D eigenvalue weighted by molar-refractivity contribution is 5.76. The second-order valence-corrected chi connectivity index (χ2v) is 12.8. The van der Waals surface area contributed by atoms with E-state index in [9.17, 15) is 14.4 Å². The van der Waals surface area contributed by atoms with E-state index in [2.05, 4.69) is 77.2 Å². The van der Waals surface area contributed by atoms with E-state index in [-0.39, 0.29) is 36.9 Å². The van der Waals surface area contributed by atoms with Crippen molar-refractivity contribution in [2.24, 2.45) is 23.7 Å². The standard InChI is InChI=1S/C36H55NO7/c1-9-11-18-37-35(40)21-28-20-34(41-26(7)38)36(42-27(8)39)33(43-28)17-15-30-25(6)29(30)14-12-22(3)19-24(5)32-16-13-23(4)31(10-2)44-32/h12-15,17,19,22,25,28-34,36H,9-11,16,18,20-21H2,1-8H3,(H,37,40)/b14-12+,17-15+,24-19+/t22-,25-,28+,29+,30+,31-,32-,33+,34+,36+/m1/s1. The first kappa shape index (κ1) is 35.8. The zero-order valence-electron chi connectivity index (χ0n) is 28.0. The molecule has 10 atom stereocenters. The highest BCUT2D eigenvalue weighted by Gasteiger charge is 2.45. The molecule has 3 rings (SSSR count). The van der Waals surface area contributed by atoms with E-state index < -0.39 is 36.4 Å². The Labute approximate surface area is 264 Å². The molecule has 2 fully saturated rings. The lowest BCUT2D eigenvalue weighted by molar-refractivity contribution is -0.199. The summed E-state index contributed by atoms with van der Waals surface area (Å²) in [6.45, 7) is 16.3. The predicted octanol–water partition coefficient (Wildman–Crippen LogP) is 6.40. The van der Waals surface area contributed by atoms with Crippen molar-refractivity contribution >= 4 is 17.8 Å². The van der Waals surface area contributed by atoms with E-state index in [1.165, 1.54) is 25.0 Å². The highest BCUT2D eigenvalue weighted by Crippen LogP contribution is 2.48. The fraction of sp³-hybridized carbons (Fsp3) is 0.694. The van der Waals surface area contributed by atoms with Crippen LogP contribution in [0.1, 0.15) is 93.9 Å². The van der Waals surface area contributed by atoms with Crippen LogP contribution in [0.2, 0.25) is 0 Å². The number of amides is 1. The Morgan fingerprint density at radius 1 is 1.05 bits per heavy atom. The van der Waals surface area contributed by atoms with Crippen molar-refractivity contribution < 1.29 is 33.3 Å². The molecular formula is C36H55NO7. The minimum Gasteiger partial charge on any atom is -0.458 e. The van der Waals surface area contributed by atoms with Crippen molar-refractivity contribution in [1.29, 1.82) is 0 Å². The molecule has 2 heterocycles. The first-order valence-electron chi connectivity index (χ1n) is 16.6. The predicted molar refractivity (Wildman–Crippen MR) is 172 cm³/mol. The van der Waals surface area contributed by atoms with Gasteiger partial charge in [-0.1, -0.05) is 70.6 Å². The Morgan fingerprint density at radius 3 is 2.41 bits per heavy atom. The number of nitrogens with one attached hydrogen (secondary N) is 1. The molecule has 44 heavy (non-hydrogen) atoms. The van der Waals surface area contributed by atoms with Gasteiger partial charge in [0.15, 0.2) is 6.10 Å². The minimum atomic E-state index is -0.781. The largest absolute Gasteiger partial charge is 0.458 e. The summed E-state index contributed by atoms with van der Waals surface area (Å²) in [6, 6.07) is 0. The third kappa shape index (κ3) is 10.7. The Balaban J connectivity index is 1.66. The fourth-order valence-electron chi connectivity index (χ4n) is 6.34. The summed E-state index contributed by atoms with van der Waals surface area (Å²) >= 11 is 0. The third-order valence-electron chi connectivity index (χ3n) is 8.99. The van der Waals surface area contributed by atoms with Gasteiger partial charge in [-0.15, -0.1) is 0 Å². The zero-order valence-corrected chi connectivity index (χ0v) is 28.0. The maximum absolute atomic E-state index is 12.5. The van der Waals surface area contributed by atoms with Gasteiger partial charge in [0.25, 0.3) is 0 Å². The molecule has 8 nitrogen and oxygen atoms in total. The lowest BCUT2D eigenvalue weighted by Crippen LogP contribution is -2.52. The van der Waals surface area contributed by atoms with Crippen molar-refractivity contribution in [3.63, 3.8) is 0 Å². The van der Waals surface area contributed by atoms with Gasteiger partial charge < -0.3 is 24.3 Å². The summed E-state index contributed by atoms with van der Waals surface area (Å²) in [6.07, 6.45) is 15.2. The first-order valence-corrected chi connectivity index (χ1v) is 16.6. The molecule has 246 valence electrons. The van der Waals surface area contributed by atoms with Crippen LogP contribution in [0.3, 0.4) is 0 Å². The van der Waals surface area contributed by atoms with Crippen molar-refractivity contribution in [1.82, 2.24) is 5.32 Å². The van der Waals surface area contributed by atoms with E-state index in [0.717, 1.165) is 25.7 Å². The van der Waals surface area contributed by atoms with Gasteiger partial charge in [-0.3, -0.25) is 14.4 Å². The van der Waals surface area contributed by atoms with E-state index in [4.69, 9.17) is 18.9 Å². The lowest BCUT2D eigenvalue weighted by atomic mass is 9.94. The molecule has 1 aliphatic carbocycles. The maximum atomic E-state index is 12.5. The van der Waals surface area contributed by atoms with Gasteiger partial charge in [-0.05, 0) is 67.9 Å². The SMILES string of the molecule is CCCCNC(=O)C[C@@H]1C[C@H](OC(C)=O)[C@@H](OC(C)=O)[C@H](/C=C/[C@H]2[C@H](C)[C@@H]2/C=C/[C@@H](C)/C=C(\C)[C@H]2CC=C(C)[C@@H](CC)O2)O1. The van der Waals surface area contributed by atoms with Crippen LogP contribution in [0.4, 0.5) is 0 Å². The average molecular weight is 614 g/mol. The number of hydrogen-bond donors (Lipinski definition) is 1. The van der Waals surface area contributed by atoms with Gasteiger partial charge in [-0.25, -0.2) is 0 Å². The molecule has 3 aliphatic rings. The summed E-state index contributed by atoms with van der Waals surface area (Å²) in [5, 5.41) is 2.92. The molecule has 0 aromatic rings. The van der Waals surface area contributed by atoms with Gasteiger partial charge in [0.1, 0.15) is 12.2 Å². The molecular weight excluding hydrogens is 558 g/mol. The van der Waals surface area contributed by atoms with Gasteiger partial charge in [-0.2, -0.15) is 0 Å². The lowest BCUT2D eigenvalue weighted by Gasteiger charge is -2.39. The molecule has 1 saturated heterocycles. The molecule has 0 aromatic carbocycles. The number of carbonyl (C=O) groups excluding carboxylic acids is 3. The smallest absolute Gasteiger partial charge is 0.303 e. The Hall–Kier alpha value is -2.71. The number of unbranched alkanes of at least 4 members (excludes halogenated alkanes) is 1.